The lowest BCUT2D eigenvalue weighted by Gasteiger charge is -1.87. The number of halogens is 1. The Hall–Kier alpha value is -0.790. The molecule has 0 heterocycles. The smallest absolute Gasteiger partial charge is 0.0187 e. The van der Waals surface area contributed by atoms with Gasteiger partial charge >= 0.3 is 0 Å². The van der Waals surface area contributed by atoms with Gasteiger partial charge in [0.15, 0.2) is 0 Å². The summed E-state index contributed by atoms with van der Waals surface area (Å²) in [6.07, 6.45) is 5.91. The van der Waals surface area contributed by atoms with E-state index in [1.165, 1.54) is 5.56 Å². The van der Waals surface area contributed by atoms with Crippen LogP contribution in [0.2, 0.25) is 0 Å². The first-order valence-electron chi connectivity index (χ1n) is 3.66. The summed E-state index contributed by atoms with van der Waals surface area (Å²) in [5, 5.41) is 0. The van der Waals surface area contributed by atoms with E-state index in [1.54, 1.807) is 0 Å². The molecule has 0 bridgehead atoms. The summed E-state index contributed by atoms with van der Waals surface area (Å²) < 4.78 is 1.85. The second-order valence-electron chi connectivity index (χ2n) is 2.21. The second kappa shape index (κ2) is 5.81. The summed E-state index contributed by atoms with van der Waals surface area (Å²) in [4.78, 5) is 0. The third-order valence-electron chi connectivity index (χ3n) is 1.34. The number of hydrogen-bond donors (Lipinski definition) is 0. The van der Waals surface area contributed by atoms with Gasteiger partial charge in [0.2, 0.25) is 0 Å². The molecule has 1 rings (SSSR count). The van der Waals surface area contributed by atoms with Crippen molar-refractivity contribution in [1.82, 2.24) is 0 Å². The van der Waals surface area contributed by atoms with Gasteiger partial charge in [-0.3, -0.25) is 0 Å². The molecule has 1 aromatic carbocycles. The van der Waals surface area contributed by atoms with Crippen molar-refractivity contribution in [1.29, 1.82) is 0 Å². The molecule has 1 heteroatoms. The standard InChI is InChI=1S/C11H9I/c12-10-6-2-5-9-11-7-3-1-4-8-11/h1-5,7-10H/b9-5+. The minimum absolute atomic E-state index is 1.21. The zero-order valence-corrected chi connectivity index (χ0v) is 8.73. The van der Waals surface area contributed by atoms with Gasteiger partial charge in [-0.1, -0.05) is 42.5 Å². The average Bonchev–Trinajstić information content (AvgIpc) is 2.14. The summed E-state index contributed by atoms with van der Waals surface area (Å²) in [6.45, 7) is 0. The minimum atomic E-state index is 1.21. The molecule has 0 atom stereocenters. The first-order chi connectivity index (χ1) is 5.93. The molecular weight excluding hydrogens is 259 g/mol. The van der Waals surface area contributed by atoms with Crippen molar-refractivity contribution in [2.75, 3.05) is 0 Å². The molecule has 60 valence electrons. The SMILES string of the molecule is IC=C=C/C=C/c1ccccc1. The van der Waals surface area contributed by atoms with Crippen LogP contribution < -0.4 is 0 Å². The molecule has 0 saturated heterocycles. The summed E-state index contributed by atoms with van der Waals surface area (Å²) in [6, 6.07) is 10.2. The van der Waals surface area contributed by atoms with E-state index in [2.05, 4.69) is 40.5 Å². The van der Waals surface area contributed by atoms with Crippen LogP contribution in [0, 0.1) is 0 Å². The lowest BCUT2D eigenvalue weighted by atomic mass is 10.2. The first kappa shape index (κ1) is 9.30. The van der Waals surface area contributed by atoms with Crippen LogP contribution in [0.15, 0.2) is 52.3 Å². The summed E-state index contributed by atoms with van der Waals surface area (Å²) in [5.41, 5.74) is 4.18. The van der Waals surface area contributed by atoms with Crippen molar-refractivity contribution >= 4 is 28.7 Å². The molecule has 0 spiro atoms. The van der Waals surface area contributed by atoms with Gasteiger partial charge in [0.25, 0.3) is 0 Å². The molecule has 0 saturated carbocycles. The number of allylic oxidation sites excluding steroid dienone is 2. The monoisotopic (exact) mass is 268 g/mol. The van der Waals surface area contributed by atoms with E-state index in [4.69, 9.17) is 0 Å². The second-order valence-corrected chi connectivity index (χ2v) is 2.84. The molecule has 12 heavy (non-hydrogen) atoms. The van der Waals surface area contributed by atoms with Crippen LogP contribution in [-0.4, -0.2) is 0 Å². The van der Waals surface area contributed by atoms with E-state index in [-0.39, 0.29) is 0 Å². The highest BCUT2D eigenvalue weighted by Crippen LogP contribution is 2.00. The van der Waals surface area contributed by atoms with Crippen molar-refractivity contribution in [2.45, 2.75) is 0 Å². The minimum Gasteiger partial charge on any atom is -0.114 e. The van der Waals surface area contributed by atoms with Gasteiger partial charge in [-0.25, -0.2) is 0 Å². The largest absolute Gasteiger partial charge is 0.114 e. The maximum absolute atomic E-state index is 2.97. The van der Waals surface area contributed by atoms with Crippen LogP contribution in [0.25, 0.3) is 6.08 Å². The van der Waals surface area contributed by atoms with Crippen molar-refractivity contribution in [3.8, 4) is 0 Å². The third-order valence-corrected chi connectivity index (χ3v) is 1.70. The highest BCUT2D eigenvalue weighted by molar-refractivity contribution is 14.1. The maximum atomic E-state index is 2.97. The maximum Gasteiger partial charge on any atom is 0.0187 e. The first-order valence-corrected chi connectivity index (χ1v) is 4.91. The molecule has 0 aromatic heterocycles. The highest BCUT2D eigenvalue weighted by atomic mass is 127. The molecular formula is C11H9I. The molecule has 0 unspecified atom stereocenters. The Balaban J connectivity index is 2.64. The lowest BCUT2D eigenvalue weighted by Crippen LogP contribution is -1.65. The third kappa shape index (κ3) is 3.56. The van der Waals surface area contributed by atoms with Gasteiger partial charge in [-0.05, 0) is 34.2 Å². The van der Waals surface area contributed by atoms with Gasteiger partial charge in [0.05, 0.1) is 0 Å². The zero-order chi connectivity index (χ0) is 8.65. The van der Waals surface area contributed by atoms with Gasteiger partial charge < -0.3 is 0 Å². The van der Waals surface area contributed by atoms with Crippen LogP contribution in [0.5, 0.6) is 0 Å². The Morgan fingerprint density at radius 2 is 1.92 bits per heavy atom. The molecule has 0 fully saturated rings. The number of benzene rings is 1. The Kier molecular flexibility index (Phi) is 4.50. The van der Waals surface area contributed by atoms with E-state index in [9.17, 15) is 0 Å². The number of hydrogen-bond acceptors (Lipinski definition) is 0. The topological polar surface area (TPSA) is 0 Å². The van der Waals surface area contributed by atoms with E-state index < -0.39 is 0 Å². The molecule has 0 aliphatic carbocycles. The van der Waals surface area contributed by atoms with Crippen LogP contribution in [-0.2, 0) is 0 Å². The van der Waals surface area contributed by atoms with Crippen molar-refractivity contribution < 1.29 is 0 Å². The fourth-order valence-corrected chi connectivity index (χ4v) is 1.02. The van der Waals surface area contributed by atoms with Gasteiger partial charge in [0.1, 0.15) is 0 Å². The predicted molar refractivity (Wildman–Crippen MR) is 62.1 cm³/mol. The molecule has 0 aliphatic rings. The predicted octanol–water partition coefficient (Wildman–Crippen LogP) is 3.80. The lowest BCUT2D eigenvalue weighted by molar-refractivity contribution is 1.66. The normalized spacial score (nSPS) is 9.42. The molecule has 0 N–H and O–H groups in total. The fraction of sp³-hybridized carbons (Fsp3) is 0. The molecule has 0 radical (unpaired) electrons. The van der Waals surface area contributed by atoms with Crippen LogP contribution in [0.1, 0.15) is 5.56 Å². The van der Waals surface area contributed by atoms with E-state index in [0.717, 1.165) is 0 Å². The van der Waals surface area contributed by atoms with E-state index in [1.807, 2.05) is 40.5 Å². The van der Waals surface area contributed by atoms with Crippen molar-refractivity contribution in [2.24, 2.45) is 0 Å². The molecule has 0 amide bonds. The van der Waals surface area contributed by atoms with Crippen LogP contribution in [0.3, 0.4) is 0 Å². The van der Waals surface area contributed by atoms with Crippen molar-refractivity contribution in [3.05, 3.63) is 57.9 Å². The van der Waals surface area contributed by atoms with Gasteiger partial charge in [-0.2, -0.15) is 0 Å². The molecule has 0 aliphatic heterocycles. The Labute approximate surface area is 86.4 Å². The molecule has 0 nitrogen and oxygen atoms in total. The van der Waals surface area contributed by atoms with E-state index in [0.29, 0.717) is 0 Å². The number of rotatable bonds is 2. The highest BCUT2D eigenvalue weighted by Gasteiger charge is 1.78. The van der Waals surface area contributed by atoms with Crippen molar-refractivity contribution in [3.63, 3.8) is 0 Å². The quantitative estimate of drug-likeness (QED) is 0.434. The fourth-order valence-electron chi connectivity index (χ4n) is 0.815. The van der Waals surface area contributed by atoms with Crippen LogP contribution in [0.4, 0.5) is 0 Å². The zero-order valence-electron chi connectivity index (χ0n) is 6.57. The average molecular weight is 268 g/mol. The summed E-state index contributed by atoms with van der Waals surface area (Å²) in [7, 11) is 0. The Morgan fingerprint density at radius 1 is 1.17 bits per heavy atom. The summed E-state index contributed by atoms with van der Waals surface area (Å²) >= 11 is 2.14. The summed E-state index contributed by atoms with van der Waals surface area (Å²) in [5.74, 6) is 0. The van der Waals surface area contributed by atoms with Gasteiger partial charge in [0, 0.05) is 4.08 Å². The van der Waals surface area contributed by atoms with Crippen LogP contribution >= 0.6 is 22.6 Å². The van der Waals surface area contributed by atoms with Gasteiger partial charge in [-0.15, -0.1) is 5.73 Å². The molecule has 1 aromatic rings. The Morgan fingerprint density at radius 3 is 2.58 bits per heavy atom. The Bertz CT molecular complexity index is 303. The van der Waals surface area contributed by atoms with E-state index >= 15 is 0 Å².